The number of likely N-dealkylation sites (N-methyl/N-ethyl adjacent to an activating group) is 1. The zero-order chi connectivity index (χ0) is 16.6. The number of nitrogens with zero attached hydrogens (tertiary/aromatic N) is 4. The van der Waals surface area contributed by atoms with Gasteiger partial charge in [0.05, 0.1) is 5.69 Å². The third-order valence-electron chi connectivity index (χ3n) is 5.89. The van der Waals surface area contributed by atoms with Crippen LogP contribution in [0.3, 0.4) is 0 Å². The molecule has 0 radical (unpaired) electrons. The Morgan fingerprint density at radius 3 is 2.43 bits per heavy atom. The van der Waals surface area contributed by atoms with Crippen LogP contribution < -0.4 is 0 Å². The van der Waals surface area contributed by atoms with Crippen LogP contribution in [0.25, 0.3) is 0 Å². The summed E-state index contributed by atoms with van der Waals surface area (Å²) in [5.74, 6) is 0.329. The van der Waals surface area contributed by atoms with E-state index in [0.29, 0.717) is 24.4 Å². The molecule has 2 atom stereocenters. The van der Waals surface area contributed by atoms with Crippen LogP contribution in [-0.2, 0) is 18.3 Å². The van der Waals surface area contributed by atoms with Gasteiger partial charge in [-0.05, 0) is 65.1 Å². The summed E-state index contributed by atoms with van der Waals surface area (Å²) >= 11 is 0. The monoisotopic (exact) mass is 318 g/mol. The van der Waals surface area contributed by atoms with Crippen molar-refractivity contribution < 1.29 is 4.79 Å². The van der Waals surface area contributed by atoms with Crippen LogP contribution in [0.15, 0.2) is 0 Å². The summed E-state index contributed by atoms with van der Waals surface area (Å²) in [5.41, 5.74) is 3.49. The van der Waals surface area contributed by atoms with Crippen molar-refractivity contribution in [1.82, 2.24) is 19.6 Å². The second-order valence-electron chi connectivity index (χ2n) is 7.26. The topological polar surface area (TPSA) is 41.4 Å². The van der Waals surface area contributed by atoms with Crippen molar-refractivity contribution in [2.24, 2.45) is 7.05 Å². The highest BCUT2D eigenvalue weighted by Gasteiger charge is 2.38. The molecule has 3 rings (SSSR count). The van der Waals surface area contributed by atoms with Crippen LogP contribution in [0, 0.1) is 13.8 Å². The Morgan fingerprint density at radius 2 is 1.83 bits per heavy atom. The van der Waals surface area contributed by atoms with Gasteiger partial charge in [-0.2, -0.15) is 5.10 Å². The van der Waals surface area contributed by atoms with E-state index in [2.05, 4.69) is 28.9 Å². The van der Waals surface area contributed by atoms with Crippen molar-refractivity contribution in [3.05, 3.63) is 17.0 Å². The lowest BCUT2D eigenvalue weighted by atomic mass is 10.0. The minimum Gasteiger partial charge on any atom is -0.338 e. The Balaban J connectivity index is 1.63. The average molecular weight is 318 g/mol. The lowest BCUT2D eigenvalue weighted by molar-refractivity contribution is -0.132. The first kappa shape index (κ1) is 16.5. The number of hydrogen-bond acceptors (Lipinski definition) is 3. The number of carbonyl (C=O) groups is 1. The van der Waals surface area contributed by atoms with Gasteiger partial charge in [0.15, 0.2) is 0 Å². The molecule has 0 saturated carbocycles. The first-order valence-corrected chi connectivity index (χ1v) is 8.98. The fourth-order valence-electron chi connectivity index (χ4n) is 4.48. The van der Waals surface area contributed by atoms with E-state index in [1.54, 1.807) is 0 Å². The van der Waals surface area contributed by atoms with Crippen LogP contribution in [0.2, 0.25) is 0 Å². The molecule has 1 aromatic heterocycles. The predicted octanol–water partition coefficient (Wildman–Crippen LogP) is 2.05. The zero-order valence-electron chi connectivity index (χ0n) is 15.0. The summed E-state index contributed by atoms with van der Waals surface area (Å²) < 4.78 is 1.92. The molecule has 5 nitrogen and oxygen atoms in total. The van der Waals surface area contributed by atoms with Crippen LogP contribution in [0.4, 0.5) is 0 Å². The third-order valence-corrected chi connectivity index (χ3v) is 5.89. The first-order valence-electron chi connectivity index (χ1n) is 8.98. The molecule has 2 saturated heterocycles. The fraction of sp³-hybridized carbons (Fsp3) is 0.778. The van der Waals surface area contributed by atoms with E-state index >= 15 is 0 Å². The van der Waals surface area contributed by atoms with Crippen molar-refractivity contribution in [2.45, 2.75) is 64.5 Å². The number of likely N-dealkylation sites (tertiary alicyclic amines) is 2. The Hall–Kier alpha value is -1.36. The fourth-order valence-corrected chi connectivity index (χ4v) is 4.48. The van der Waals surface area contributed by atoms with Crippen LogP contribution >= 0.6 is 0 Å². The van der Waals surface area contributed by atoms with Crippen molar-refractivity contribution in [3.8, 4) is 0 Å². The van der Waals surface area contributed by atoms with Gasteiger partial charge in [0, 0.05) is 37.8 Å². The molecule has 5 heteroatoms. The Morgan fingerprint density at radius 1 is 1.13 bits per heavy atom. The van der Waals surface area contributed by atoms with Crippen LogP contribution in [0.1, 0.15) is 49.1 Å². The Kier molecular flexibility index (Phi) is 4.76. The maximum Gasteiger partial charge on any atom is 0.223 e. The summed E-state index contributed by atoms with van der Waals surface area (Å²) in [5, 5.41) is 4.46. The van der Waals surface area contributed by atoms with Gasteiger partial charge in [0.1, 0.15) is 0 Å². The predicted molar refractivity (Wildman–Crippen MR) is 91.4 cm³/mol. The van der Waals surface area contributed by atoms with E-state index in [0.717, 1.165) is 25.1 Å². The second kappa shape index (κ2) is 6.63. The minimum absolute atomic E-state index is 0.329. The highest BCUT2D eigenvalue weighted by Crippen LogP contribution is 2.29. The number of hydrogen-bond donors (Lipinski definition) is 0. The summed E-state index contributed by atoms with van der Waals surface area (Å²) in [6.07, 6.45) is 6.27. The lowest BCUT2D eigenvalue weighted by Crippen LogP contribution is -2.47. The largest absolute Gasteiger partial charge is 0.338 e. The van der Waals surface area contributed by atoms with Gasteiger partial charge in [0.2, 0.25) is 5.91 Å². The van der Waals surface area contributed by atoms with E-state index in [-0.39, 0.29) is 0 Å². The zero-order valence-corrected chi connectivity index (χ0v) is 15.0. The van der Waals surface area contributed by atoms with Gasteiger partial charge in [-0.1, -0.05) is 0 Å². The number of aromatic nitrogens is 2. The Bertz CT molecular complexity index is 580. The van der Waals surface area contributed by atoms with Gasteiger partial charge >= 0.3 is 0 Å². The summed E-state index contributed by atoms with van der Waals surface area (Å²) in [4.78, 5) is 17.4. The molecule has 0 aliphatic carbocycles. The van der Waals surface area contributed by atoms with E-state index in [9.17, 15) is 4.79 Å². The molecular formula is C18H30N4O. The van der Waals surface area contributed by atoms with Crippen LogP contribution in [-0.4, -0.2) is 57.7 Å². The molecule has 1 amide bonds. The molecule has 0 unspecified atom stereocenters. The van der Waals surface area contributed by atoms with Crippen molar-refractivity contribution in [2.75, 3.05) is 20.1 Å². The molecular weight excluding hydrogens is 288 g/mol. The third kappa shape index (κ3) is 3.16. The molecule has 128 valence electrons. The Labute approximate surface area is 139 Å². The molecule has 23 heavy (non-hydrogen) atoms. The molecule has 0 aromatic carbocycles. The van der Waals surface area contributed by atoms with Crippen molar-refractivity contribution >= 4 is 5.91 Å². The summed E-state index contributed by atoms with van der Waals surface area (Å²) in [6.45, 7) is 6.25. The quantitative estimate of drug-likeness (QED) is 0.853. The molecule has 3 heterocycles. The van der Waals surface area contributed by atoms with Gasteiger partial charge in [-0.25, -0.2) is 0 Å². The van der Waals surface area contributed by atoms with E-state index in [4.69, 9.17) is 0 Å². The smallest absolute Gasteiger partial charge is 0.223 e. The molecule has 2 fully saturated rings. The van der Waals surface area contributed by atoms with Gasteiger partial charge in [0.25, 0.3) is 0 Å². The maximum absolute atomic E-state index is 12.8. The molecule has 0 N–H and O–H groups in total. The molecule has 2 aliphatic heterocycles. The lowest BCUT2D eigenvalue weighted by Gasteiger charge is -2.33. The maximum atomic E-state index is 12.8. The van der Waals surface area contributed by atoms with Crippen LogP contribution in [0.5, 0.6) is 0 Å². The number of carbonyl (C=O) groups excluding carboxylic acids is 1. The first-order chi connectivity index (χ1) is 11.0. The van der Waals surface area contributed by atoms with Gasteiger partial charge < -0.3 is 9.80 Å². The highest BCUT2D eigenvalue weighted by molar-refractivity contribution is 5.77. The minimum atomic E-state index is 0.329. The molecule has 0 spiro atoms. The normalized spacial score (nSPS) is 25.5. The molecule has 1 aromatic rings. The van der Waals surface area contributed by atoms with Crippen molar-refractivity contribution in [1.29, 1.82) is 0 Å². The molecule has 2 aliphatic rings. The number of amides is 1. The summed E-state index contributed by atoms with van der Waals surface area (Å²) in [6, 6.07) is 1.01. The van der Waals surface area contributed by atoms with E-state index in [1.165, 1.54) is 37.1 Å². The van der Waals surface area contributed by atoms with E-state index < -0.39 is 0 Å². The number of rotatable bonds is 4. The summed E-state index contributed by atoms with van der Waals surface area (Å²) in [7, 11) is 4.18. The molecule has 0 bridgehead atoms. The van der Waals surface area contributed by atoms with Crippen molar-refractivity contribution in [3.63, 3.8) is 0 Å². The standard InChI is InChI=1S/C18H30N4O/c1-13-15(14(2)21(4)19-13)9-10-18(23)22-12-6-8-17(22)16-7-5-11-20(16)3/h16-17H,5-12H2,1-4H3/t16-,17-/m0/s1. The second-order valence-corrected chi connectivity index (χ2v) is 7.26. The van der Waals surface area contributed by atoms with E-state index in [1.807, 2.05) is 18.7 Å². The average Bonchev–Trinajstić information content (AvgIpc) is 3.19. The highest BCUT2D eigenvalue weighted by atomic mass is 16.2. The SMILES string of the molecule is Cc1nn(C)c(C)c1CCC(=O)N1CCC[C@H]1[C@@H]1CCCN1C. The number of aryl methyl sites for hydroxylation is 2. The van der Waals surface area contributed by atoms with Gasteiger partial charge in [-0.15, -0.1) is 0 Å². The van der Waals surface area contributed by atoms with Gasteiger partial charge in [-0.3, -0.25) is 9.48 Å².